The maximum absolute atomic E-state index is 12.9. The number of benzene rings is 1. The monoisotopic (exact) mass is 418 g/mol. The van der Waals surface area contributed by atoms with Gasteiger partial charge in [-0.05, 0) is 55.9 Å². The van der Waals surface area contributed by atoms with Crippen LogP contribution in [-0.2, 0) is 11.3 Å². The van der Waals surface area contributed by atoms with Crippen LogP contribution in [0.4, 0.5) is 0 Å². The van der Waals surface area contributed by atoms with Crippen molar-refractivity contribution in [3.05, 3.63) is 53.9 Å². The highest BCUT2D eigenvalue weighted by molar-refractivity contribution is 5.93. The fraction of sp³-hybridized carbons (Fsp3) is 0.435. The van der Waals surface area contributed by atoms with Gasteiger partial charge in [0.1, 0.15) is 12.1 Å². The first-order valence-electron chi connectivity index (χ1n) is 11.0. The van der Waals surface area contributed by atoms with Gasteiger partial charge in [-0.25, -0.2) is 4.68 Å². The molecule has 3 heterocycles. The number of hydrogen-bond acceptors (Lipinski definition) is 5. The highest BCUT2D eigenvalue weighted by Gasteiger charge is 2.26. The number of para-hydroxylation sites is 1. The lowest BCUT2D eigenvalue weighted by Crippen LogP contribution is -2.41. The highest BCUT2D eigenvalue weighted by Crippen LogP contribution is 2.28. The summed E-state index contributed by atoms with van der Waals surface area (Å²) in [6, 6.07) is 11.4. The Morgan fingerprint density at radius 3 is 2.77 bits per heavy atom. The molecule has 2 aromatic heterocycles. The molecule has 1 unspecified atom stereocenters. The van der Waals surface area contributed by atoms with E-state index in [2.05, 4.69) is 20.6 Å². The van der Waals surface area contributed by atoms with Crippen molar-refractivity contribution in [3.8, 4) is 0 Å². The molecule has 3 aromatic rings. The van der Waals surface area contributed by atoms with Crippen LogP contribution in [0.25, 0.3) is 11.0 Å². The molecule has 1 aliphatic heterocycles. The Morgan fingerprint density at radius 1 is 1.10 bits per heavy atom. The van der Waals surface area contributed by atoms with Crippen LogP contribution in [-0.4, -0.2) is 56.3 Å². The summed E-state index contributed by atoms with van der Waals surface area (Å²) in [4.78, 5) is 31.6. The molecule has 0 spiro atoms. The van der Waals surface area contributed by atoms with E-state index in [-0.39, 0.29) is 24.3 Å². The lowest BCUT2D eigenvalue weighted by Gasteiger charge is -2.32. The number of aromatic nitrogens is 4. The summed E-state index contributed by atoms with van der Waals surface area (Å²) in [7, 11) is 0. The zero-order chi connectivity index (χ0) is 21.2. The predicted molar refractivity (Wildman–Crippen MR) is 115 cm³/mol. The molecule has 1 atom stereocenters. The smallest absolute Gasteiger partial charge is 0.252 e. The van der Waals surface area contributed by atoms with Crippen molar-refractivity contribution in [2.75, 3.05) is 19.6 Å². The Labute approximate surface area is 180 Å². The van der Waals surface area contributed by atoms with E-state index in [1.54, 1.807) is 10.9 Å². The van der Waals surface area contributed by atoms with Gasteiger partial charge in [0, 0.05) is 37.4 Å². The topological polar surface area (TPSA) is 93.0 Å². The van der Waals surface area contributed by atoms with Crippen LogP contribution in [0.3, 0.4) is 0 Å². The van der Waals surface area contributed by atoms with Crippen LogP contribution in [0.1, 0.15) is 47.7 Å². The molecular weight excluding hydrogens is 392 g/mol. The quantitative estimate of drug-likeness (QED) is 0.663. The molecule has 2 fully saturated rings. The van der Waals surface area contributed by atoms with Gasteiger partial charge >= 0.3 is 0 Å². The molecule has 8 nitrogen and oxygen atoms in total. The third kappa shape index (κ3) is 4.42. The fourth-order valence-electron chi connectivity index (χ4n) is 4.15. The zero-order valence-corrected chi connectivity index (χ0v) is 17.4. The third-order valence-electron chi connectivity index (χ3n) is 6.19. The Kier molecular flexibility index (Phi) is 5.36. The van der Waals surface area contributed by atoms with Gasteiger partial charge in [-0.1, -0.05) is 17.3 Å². The molecule has 2 aliphatic rings. The van der Waals surface area contributed by atoms with Crippen molar-refractivity contribution in [2.45, 2.75) is 38.1 Å². The summed E-state index contributed by atoms with van der Waals surface area (Å²) in [6.07, 6.45) is 5.99. The van der Waals surface area contributed by atoms with Crippen LogP contribution in [0.2, 0.25) is 0 Å². The number of nitrogens with zero attached hydrogens (tertiary/aromatic N) is 5. The van der Waals surface area contributed by atoms with E-state index in [0.717, 1.165) is 42.7 Å². The number of pyridine rings is 1. The minimum absolute atomic E-state index is 0.0384. The maximum Gasteiger partial charge on any atom is 0.252 e. The van der Waals surface area contributed by atoms with Gasteiger partial charge in [0.15, 0.2) is 0 Å². The summed E-state index contributed by atoms with van der Waals surface area (Å²) < 4.78 is 1.66. The summed E-state index contributed by atoms with van der Waals surface area (Å²) in [5.41, 5.74) is 3.17. The van der Waals surface area contributed by atoms with Gasteiger partial charge in [-0.3, -0.25) is 14.6 Å². The Bertz CT molecular complexity index is 1090. The largest absolute Gasteiger partial charge is 0.352 e. The number of piperidine rings is 1. The van der Waals surface area contributed by atoms with Crippen molar-refractivity contribution in [1.29, 1.82) is 0 Å². The van der Waals surface area contributed by atoms with E-state index in [9.17, 15) is 9.59 Å². The molecule has 1 N–H and O–H groups in total. The summed E-state index contributed by atoms with van der Waals surface area (Å²) in [5, 5.41) is 11.2. The van der Waals surface area contributed by atoms with Crippen LogP contribution in [0.15, 0.2) is 42.6 Å². The lowest BCUT2D eigenvalue weighted by atomic mass is 9.94. The van der Waals surface area contributed by atoms with Gasteiger partial charge < -0.3 is 10.2 Å². The first-order valence-corrected chi connectivity index (χ1v) is 11.0. The molecule has 1 saturated carbocycles. The van der Waals surface area contributed by atoms with Gasteiger partial charge in [-0.15, -0.1) is 5.10 Å². The first kappa shape index (κ1) is 19.7. The maximum atomic E-state index is 12.9. The standard InChI is InChI=1S/C23H26N6O2/c30-22(15-29-21-6-2-1-5-20(21)26-27-29)28-11-3-4-18(14-28)19-10-9-17(13-24-19)23(31)25-12-16-7-8-16/h1-2,5-6,9-10,13,16,18H,3-4,7-8,11-12,14-15H2,(H,25,31). The number of amides is 2. The van der Waals surface area contributed by atoms with Gasteiger partial charge in [0.2, 0.25) is 5.91 Å². The number of carbonyl (C=O) groups is 2. The minimum atomic E-state index is -0.0635. The molecular formula is C23H26N6O2. The van der Waals surface area contributed by atoms with Gasteiger partial charge in [-0.2, -0.15) is 0 Å². The highest BCUT2D eigenvalue weighted by atomic mass is 16.2. The Balaban J connectivity index is 1.21. The van der Waals surface area contributed by atoms with E-state index in [4.69, 9.17) is 0 Å². The second-order valence-corrected chi connectivity index (χ2v) is 8.54. The lowest BCUT2D eigenvalue weighted by molar-refractivity contribution is -0.133. The SMILES string of the molecule is O=C(NCC1CC1)c1ccc(C2CCCN(C(=O)Cn3nnc4ccccc43)C2)nc1. The molecule has 0 bridgehead atoms. The summed E-state index contributed by atoms with van der Waals surface area (Å²) in [6.45, 7) is 2.30. The van der Waals surface area contributed by atoms with Crippen molar-refractivity contribution < 1.29 is 9.59 Å². The summed E-state index contributed by atoms with van der Waals surface area (Å²) >= 11 is 0. The first-order chi connectivity index (χ1) is 15.2. The average molecular weight is 419 g/mol. The predicted octanol–water partition coefficient (Wildman–Crippen LogP) is 2.37. The second kappa shape index (κ2) is 8.45. The van der Waals surface area contributed by atoms with E-state index in [0.29, 0.717) is 18.0 Å². The van der Waals surface area contributed by atoms with E-state index >= 15 is 0 Å². The Hall–Kier alpha value is -3.29. The summed E-state index contributed by atoms with van der Waals surface area (Å²) in [5.74, 6) is 0.800. The van der Waals surface area contributed by atoms with Gasteiger partial charge in [0.05, 0.1) is 11.1 Å². The number of rotatable bonds is 6. The zero-order valence-electron chi connectivity index (χ0n) is 17.4. The van der Waals surface area contributed by atoms with Crippen LogP contribution < -0.4 is 5.32 Å². The number of carbonyl (C=O) groups excluding carboxylic acids is 2. The molecule has 1 saturated heterocycles. The van der Waals surface area contributed by atoms with Crippen molar-refractivity contribution in [3.63, 3.8) is 0 Å². The fourth-order valence-corrected chi connectivity index (χ4v) is 4.15. The van der Waals surface area contributed by atoms with Crippen molar-refractivity contribution in [2.24, 2.45) is 5.92 Å². The Morgan fingerprint density at radius 2 is 1.97 bits per heavy atom. The van der Waals surface area contributed by atoms with Crippen LogP contribution in [0.5, 0.6) is 0 Å². The number of likely N-dealkylation sites (tertiary alicyclic amines) is 1. The molecule has 1 aromatic carbocycles. The molecule has 31 heavy (non-hydrogen) atoms. The van der Waals surface area contributed by atoms with E-state index in [1.807, 2.05) is 41.3 Å². The molecule has 8 heteroatoms. The van der Waals surface area contributed by atoms with Crippen LogP contribution in [0, 0.1) is 5.92 Å². The molecule has 1 aliphatic carbocycles. The third-order valence-corrected chi connectivity index (χ3v) is 6.19. The van der Waals surface area contributed by atoms with E-state index in [1.165, 1.54) is 12.8 Å². The molecule has 160 valence electrons. The second-order valence-electron chi connectivity index (χ2n) is 8.54. The number of hydrogen-bond donors (Lipinski definition) is 1. The number of fused-ring (bicyclic) bond motifs is 1. The normalized spacial score (nSPS) is 18.8. The minimum Gasteiger partial charge on any atom is -0.352 e. The molecule has 2 amide bonds. The average Bonchev–Trinajstić information content (AvgIpc) is 3.57. The van der Waals surface area contributed by atoms with Crippen molar-refractivity contribution >= 4 is 22.8 Å². The number of nitrogens with one attached hydrogen (secondary N) is 1. The van der Waals surface area contributed by atoms with Gasteiger partial charge in [0.25, 0.3) is 5.91 Å². The van der Waals surface area contributed by atoms with Crippen molar-refractivity contribution in [1.82, 2.24) is 30.2 Å². The van der Waals surface area contributed by atoms with E-state index < -0.39 is 0 Å². The molecule has 5 rings (SSSR count). The van der Waals surface area contributed by atoms with Crippen LogP contribution >= 0.6 is 0 Å². The molecule has 0 radical (unpaired) electrons.